The minimum atomic E-state index is -3.36. The zero-order valence-electron chi connectivity index (χ0n) is 18.1. The number of hydrogen-bond donors (Lipinski definition) is 2. The molecule has 0 saturated carbocycles. The van der Waals surface area contributed by atoms with Gasteiger partial charge in [0.15, 0.2) is 0 Å². The van der Waals surface area contributed by atoms with Gasteiger partial charge in [0.25, 0.3) is 0 Å². The van der Waals surface area contributed by atoms with E-state index >= 15 is 0 Å². The number of hydrogen-bond acceptors (Lipinski definition) is 7. The summed E-state index contributed by atoms with van der Waals surface area (Å²) >= 11 is 0. The lowest BCUT2D eigenvalue weighted by Gasteiger charge is -2.42. The van der Waals surface area contributed by atoms with Crippen LogP contribution >= 0.6 is 0 Å². The molecule has 2 aliphatic rings. The van der Waals surface area contributed by atoms with Gasteiger partial charge in [-0.3, -0.25) is 14.5 Å². The second-order valence-electron chi connectivity index (χ2n) is 8.61. The molecular formula is C19H31N5O5S. The van der Waals surface area contributed by atoms with Crippen molar-refractivity contribution in [3.8, 4) is 0 Å². The van der Waals surface area contributed by atoms with Crippen molar-refractivity contribution in [3.05, 3.63) is 17.0 Å². The number of rotatable bonds is 7. The molecule has 3 heterocycles. The highest BCUT2D eigenvalue weighted by Crippen LogP contribution is 2.28. The molecule has 2 saturated heterocycles. The molecular weight excluding hydrogens is 410 g/mol. The number of sulfonamides is 1. The first-order valence-corrected chi connectivity index (χ1v) is 12.1. The first kappa shape index (κ1) is 22.7. The van der Waals surface area contributed by atoms with Crippen LogP contribution in [0.25, 0.3) is 0 Å². The number of carbonyl (C=O) groups excluding carboxylic acids is 2. The summed E-state index contributed by atoms with van der Waals surface area (Å²) in [6.45, 7) is 8.90. The van der Waals surface area contributed by atoms with Crippen molar-refractivity contribution in [1.29, 1.82) is 0 Å². The molecule has 2 fully saturated rings. The molecule has 0 unspecified atom stereocenters. The van der Waals surface area contributed by atoms with Gasteiger partial charge in [0.05, 0.1) is 11.9 Å². The molecule has 2 N–H and O–H groups in total. The maximum absolute atomic E-state index is 13.3. The molecule has 168 valence electrons. The Bertz CT molecular complexity index is 893. The first-order chi connectivity index (χ1) is 14.0. The van der Waals surface area contributed by atoms with Gasteiger partial charge in [-0.25, -0.2) is 13.1 Å². The molecule has 11 heteroatoms. The van der Waals surface area contributed by atoms with Gasteiger partial charge in [-0.2, -0.15) is 0 Å². The van der Waals surface area contributed by atoms with Crippen LogP contribution in [0.4, 0.5) is 0 Å². The monoisotopic (exact) mass is 441 g/mol. The predicted molar refractivity (Wildman–Crippen MR) is 110 cm³/mol. The van der Waals surface area contributed by atoms with Crippen LogP contribution in [0.1, 0.15) is 37.3 Å². The average Bonchev–Trinajstić information content (AvgIpc) is 3.17. The Morgan fingerprint density at radius 2 is 2.00 bits per heavy atom. The van der Waals surface area contributed by atoms with Gasteiger partial charge in [0.1, 0.15) is 11.8 Å². The van der Waals surface area contributed by atoms with Crippen molar-refractivity contribution >= 4 is 21.8 Å². The normalized spacial score (nSPS) is 25.1. The van der Waals surface area contributed by atoms with E-state index in [1.165, 1.54) is 0 Å². The van der Waals surface area contributed by atoms with E-state index in [1.807, 2.05) is 18.7 Å². The van der Waals surface area contributed by atoms with E-state index in [0.29, 0.717) is 31.8 Å². The van der Waals surface area contributed by atoms with Crippen molar-refractivity contribution in [2.24, 2.45) is 5.92 Å². The Labute approximate surface area is 177 Å². The fraction of sp³-hybridized carbons (Fsp3) is 0.737. The lowest BCUT2D eigenvalue weighted by molar-refractivity contribution is -0.144. The fourth-order valence-electron chi connectivity index (χ4n) is 4.22. The van der Waals surface area contributed by atoms with Gasteiger partial charge < -0.3 is 14.7 Å². The van der Waals surface area contributed by atoms with Crippen molar-refractivity contribution in [1.82, 2.24) is 25.0 Å². The summed E-state index contributed by atoms with van der Waals surface area (Å²) in [6.07, 6.45) is 1.68. The van der Waals surface area contributed by atoms with Gasteiger partial charge in [0, 0.05) is 49.7 Å². The Morgan fingerprint density at radius 3 is 2.57 bits per heavy atom. The quantitative estimate of drug-likeness (QED) is 0.599. The molecule has 30 heavy (non-hydrogen) atoms. The second kappa shape index (κ2) is 8.64. The van der Waals surface area contributed by atoms with Crippen LogP contribution in [0, 0.1) is 19.8 Å². The first-order valence-electron chi connectivity index (χ1n) is 10.2. The van der Waals surface area contributed by atoms with Gasteiger partial charge in [-0.15, -0.1) is 0 Å². The van der Waals surface area contributed by atoms with Crippen LogP contribution in [-0.2, 0) is 26.2 Å². The topological polar surface area (TPSA) is 125 Å². The minimum absolute atomic E-state index is 0.0886. The van der Waals surface area contributed by atoms with Crippen molar-refractivity contribution in [3.63, 3.8) is 0 Å². The Kier molecular flexibility index (Phi) is 6.54. The van der Waals surface area contributed by atoms with Crippen molar-refractivity contribution in [2.45, 2.75) is 58.8 Å². The molecule has 1 aromatic rings. The number of amides is 2. The van der Waals surface area contributed by atoms with E-state index in [2.05, 4.69) is 15.2 Å². The Balaban J connectivity index is 1.81. The van der Waals surface area contributed by atoms with Gasteiger partial charge in [0.2, 0.25) is 21.8 Å². The maximum Gasteiger partial charge on any atom is 0.242 e. The summed E-state index contributed by atoms with van der Waals surface area (Å²) < 4.78 is 31.2. The van der Waals surface area contributed by atoms with Crippen LogP contribution in [0.5, 0.6) is 0 Å². The molecule has 0 aromatic carbocycles. The molecule has 3 atom stereocenters. The van der Waals surface area contributed by atoms with Crippen LogP contribution in [-0.4, -0.2) is 79.2 Å². The van der Waals surface area contributed by atoms with E-state index in [1.54, 1.807) is 18.7 Å². The molecule has 3 rings (SSSR count). The summed E-state index contributed by atoms with van der Waals surface area (Å²) in [4.78, 5) is 29.2. The van der Waals surface area contributed by atoms with E-state index < -0.39 is 16.1 Å². The standard InChI is InChI=1S/C19H31N5O5S/c1-11(2)18(25)20-7-17-19(26)24-8-14(22-30(5,27)28)6-15(24)9-23(17)10-16-12(3)21-29-13(16)4/h11,14-15,17,22H,6-10H2,1-5H3,(H,20,25)/t14-,15-,17-/m0/s1. The summed E-state index contributed by atoms with van der Waals surface area (Å²) in [6, 6.07) is -0.928. The maximum atomic E-state index is 13.3. The molecule has 2 amide bonds. The molecule has 0 radical (unpaired) electrons. The smallest absolute Gasteiger partial charge is 0.242 e. The average molecular weight is 442 g/mol. The summed E-state index contributed by atoms with van der Waals surface area (Å²) in [5, 5.41) is 6.87. The Hall–Kier alpha value is -1.98. The zero-order valence-corrected chi connectivity index (χ0v) is 19.0. The van der Waals surface area contributed by atoms with E-state index in [9.17, 15) is 18.0 Å². The number of aromatic nitrogens is 1. The number of piperazine rings is 1. The third-order valence-electron chi connectivity index (χ3n) is 5.79. The summed E-state index contributed by atoms with van der Waals surface area (Å²) in [5.74, 6) is 0.318. The van der Waals surface area contributed by atoms with E-state index in [0.717, 1.165) is 17.5 Å². The number of aryl methyl sites for hydroxylation is 2. The van der Waals surface area contributed by atoms with Crippen LogP contribution < -0.4 is 10.0 Å². The van der Waals surface area contributed by atoms with Crippen LogP contribution in [0.3, 0.4) is 0 Å². The predicted octanol–water partition coefficient (Wildman–Crippen LogP) is -0.233. The van der Waals surface area contributed by atoms with Crippen molar-refractivity contribution < 1.29 is 22.5 Å². The lowest BCUT2D eigenvalue weighted by Crippen LogP contribution is -2.62. The summed E-state index contributed by atoms with van der Waals surface area (Å²) in [5.41, 5.74) is 1.70. The molecule has 0 spiro atoms. The minimum Gasteiger partial charge on any atom is -0.361 e. The highest BCUT2D eigenvalue weighted by molar-refractivity contribution is 7.88. The van der Waals surface area contributed by atoms with E-state index in [-0.39, 0.29) is 36.4 Å². The van der Waals surface area contributed by atoms with Gasteiger partial charge in [-0.05, 0) is 20.3 Å². The zero-order chi connectivity index (χ0) is 22.2. The lowest BCUT2D eigenvalue weighted by atomic mass is 10.0. The molecule has 0 aliphatic carbocycles. The molecule has 1 aromatic heterocycles. The number of nitrogens with one attached hydrogen (secondary N) is 2. The van der Waals surface area contributed by atoms with Crippen molar-refractivity contribution in [2.75, 3.05) is 25.9 Å². The van der Waals surface area contributed by atoms with Crippen LogP contribution in [0.2, 0.25) is 0 Å². The highest BCUT2D eigenvalue weighted by Gasteiger charge is 2.46. The molecule has 0 bridgehead atoms. The Morgan fingerprint density at radius 1 is 1.30 bits per heavy atom. The third-order valence-corrected chi connectivity index (χ3v) is 6.55. The van der Waals surface area contributed by atoms with Gasteiger partial charge in [-0.1, -0.05) is 19.0 Å². The van der Waals surface area contributed by atoms with E-state index in [4.69, 9.17) is 4.52 Å². The largest absolute Gasteiger partial charge is 0.361 e. The summed E-state index contributed by atoms with van der Waals surface area (Å²) in [7, 11) is -3.36. The highest BCUT2D eigenvalue weighted by atomic mass is 32.2. The fourth-order valence-corrected chi connectivity index (χ4v) is 4.99. The molecule has 10 nitrogen and oxygen atoms in total. The van der Waals surface area contributed by atoms with Crippen LogP contribution in [0.15, 0.2) is 4.52 Å². The SMILES string of the molecule is Cc1noc(C)c1CN1C[C@@H]2C[C@H](NS(C)(=O)=O)CN2C(=O)[C@@H]1CNC(=O)C(C)C. The molecule has 2 aliphatic heterocycles. The number of fused-ring (bicyclic) bond motifs is 1. The van der Waals surface area contributed by atoms with Gasteiger partial charge >= 0.3 is 0 Å². The number of carbonyl (C=O) groups is 2. The number of nitrogens with zero attached hydrogens (tertiary/aromatic N) is 3. The second-order valence-corrected chi connectivity index (χ2v) is 10.4. The third kappa shape index (κ3) is 5.01.